The van der Waals surface area contributed by atoms with Crippen molar-refractivity contribution in [3.05, 3.63) is 66.3 Å². The molecule has 0 atom stereocenters. The topological polar surface area (TPSA) is 58.5 Å². The third-order valence-electron chi connectivity index (χ3n) is 3.97. The molecule has 0 bridgehead atoms. The van der Waals surface area contributed by atoms with E-state index in [9.17, 15) is 4.39 Å². The molecule has 0 saturated heterocycles. The molecule has 2 N–H and O–H groups in total. The van der Waals surface area contributed by atoms with Gasteiger partial charge < -0.3 is 15.4 Å². The van der Waals surface area contributed by atoms with Crippen molar-refractivity contribution < 1.29 is 9.13 Å². The van der Waals surface area contributed by atoms with Crippen molar-refractivity contribution in [2.45, 2.75) is 32.4 Å². The maximum Gasteiger partial charge on any atom is 0.191 e. The minimum atomic E-state index is -0.417. The number of aromatic nitrogens is 1. The molecular formula is C20H23FN4O. The third-order valence-corrected chi connectivity index (χ3v) is 3.97. The normalized spacial score (nSPS) is 14.5. The first-order valence-corrected chi connectivity index (χ1v) is 8.80. The summed E-state index contributed by atoms with van der Waals surface area (Å²) in [4.78, 5) is 8.50. The lowest BCUT2D eigenvalue weighted by Gasteiger charge is -2.16. The van der Waals surface area contributed by atoms with Crippen molar-refractivity contribution in [2.75, 3.05) is 6.54 Å². The first-order valence-electron chi connectivity index (χ1n) is 8.80. The van der Waals surface area contributed by atoms with E-state index < -0.39 is 5.82 Å². The Bertz CT molecular complexity index is 769. The average Bonchev–Trinajstić information content (AvgIpc) is 3.16. The molecule has 0 unspecified atom stereocenters. The summed E-state index contributed by atoms with van der Waals surface area (Å²) in [5, 5.41) is 6.62. The fourth-order valence-corrected chi connectivity index (χ4v) is 2.68. The van der Waals surface area contributed by atoms with E-state index in [0.29, 0.717) is 18.3 Å². The molecule has 1 aliphatic rings. The summed E-state index contributed by atoms with van der Waals surface area (Å²) < 4.78 is 19.8. The molecule has 2 aromatic rings. The number of pyridine rings is 1. The molecule has 0 spiro atoms. The number of aliphatic imine (C=N–C) groups is 1. The van der Waals surface area contributed by atoms with E-state index in [4.69, 9.17) is 4.74 Å². The second kappa shape index (κ2) is 8.99. The van der Waals surface area contributed by atoms with E-state index in [1.807, 2.05) is 13.0 Å². The summed E-state index contributed by atoms with van der Waals surface area (Å²) in [7, 11) is 0. The highest BCUT2D eigenvalue weighted by atomic mass is 19.1. The molecule has 1 aromatic heterocycles. The number of ether oxygens (including phenoxy) is 1. The van der Waals surface area contributed by atoms with E-state index in [0.717, 1.165) is 30.9 Å². The maximum atomic E-state index is 14.3. The van der Waals surface area contributed by atoms with Crippen LogP contribution >= 0.6 is 0 Å². The zero-order valence-electron chi connectivity index (χ0n) is 14.8. The summed E-state index contributed by atoms with van der Waals surface area (Å²) in [5.74, 6) is 1.01. The fraction of sp³-hybridized carbons (Fsp3) is 0.300. The first-order chi connectivity index (χ1) is 12.7. The van der Waals surface area contributed by atoms with Crippen LogP contribution in [0.15, 0.2) is 59.9 Å². The molecule has 1 aliphatic carbocycles. The van der Waals surface area contributed by atoms with Gasteiger partial charge in [0.05, 0.1) is 12.7 Å². The Kier molecular flexibility index (Phi) is 6.19. The molecule has 5 nitrogen and oxygen atoms in total. The van der Waals surface area contributed by atoms with Gasteiger partial charge in [-0.25, -0.2) is 9.38 Å². The van der Waals surface area contributed by atoms with Crippen molar-refractivity contribution in [1.29, 1.82) is 0 Å². The lowest BCUT2D eigenvalue weighted by atomic mass is 10.2. The number of rotatable bonds is 6. The second-order valence-electron chi connectivity index (χ2n) is 6.03. The number of hydrogen-bond acceptors (Lipinski definition) is 3. The highest BCUT2D eigenvalue weighted by molar-refractivity contribution is 5.80. The van der Waals surface area contributed by atoms with Gasteiger partial charge in [0.25, 0.3) is 0 Å². The van der Waals surface area contributed by atoms with Crippen molar-refractivity contribution in [3.63, 3.8) is 0 Å². The third kappa shape index (κ3) is 5.05. The molecule has 136 valence electrons. The van der Waals surface area contributed by atoms with Crippen LogP contribution in [0.1, 0.15) is 25.3 Å². The van der Waals surface area contributed by atoms with Crippen LogP contribution in [0, 0.1) is 5.82 Å². The quantitative estimate of drug-likeness (QED) is 0.471. The van der Waals surface area contributed by atoms with Crippen LogP contribution in [0.4, 0.5) is 4.39 Å². The van der Waals surface area contributed by atoms with Crippen LogP contribution in [-0.2, 0) is 6.54 Å². The predicted molar refractivity (Wildman–Crippen MR) is 101 cm³/mol. The van der Waals surface area contributed by atoms with Gasteiger partial charge in [-0.15, -0.1) is 0 Å². The van der Waals surface area contributed by atoms with Gasteiger partial charge in [0.2, 0.25) is 0 Å². The molecule has 0 fully saturated rings. The van der Waals surface area contributed by atoms with E-state index in [1.54, 1.807) is 30.6 Å². The second-order valence-corrected chi connectivity index (χ2v) is 6.03. The fourth-order valence-electron chi connectivity index (χ4n) is 2.68. The Morgan fingerprint density at radius 1 is 1.31 bits per heavy atom. The van der Waals surface area contributed by atoms with Gasteiger partial charge in [0.1, 0.15) is 5.75 Å². The van der Waals surface area contributed by atoms with Crippen molar-refractivity contribution in [2.24, 2.45) is 4.99 Å². The maximum absolute atomic E-state index is 14.3. The van der Waals surface area contributed by atoms with Crippen LogP contribution < -0.4 is 15.4 Å². The van der Waals surface area contributed by atoms with Gasteiger partial charge in [-0.1, -0.05) is 18.2 Å². The molecule has 1 aromatic carbocycles. The summed E-state index contributed by atoms with van der Waals surface area (Å²) in [5.41, 5.74) is 0.780. The van der Waals surface area contributed by atoms with Crippen LogP contribution in [0.3, 0.4) is 0 Å². The van der Waals surface area contributed by atoms with Crippen molar-refractivity contribution in [3.8, 4) is 11.5 Å². The Balaban J connectivity index is 1.63. The smallest absolute Gasteiger partial charge is 0.191 e. The monoisotopic (exact) mass is 354 g/mol. The van der Waals surface area contributed by atoms with E-state index >= 15 is 0 Å². The summed E-state index contributed by atoms with van der Waals surface area (Å²) in [6.07, 6.45) is 9.51. The molecule has 6 heteroatoms. The number of nitrogens with one attached hydrogen (secondary N) is 2. The van der Waals surface area contributed by atoms with Crippen molar-refractivity contribution in [1.82, 2.24) is 15.6 Å². The van der Waals surface area contributed by atoms with Gasteiger partial charge in [0, 0.05) is 18.8 Å². The Hall–Kier alpha value is -2.89. The standard InChI is InChI=1S/C20H23FN4O/c1-2-23-20(25-16-6-3-4-7-16)24-13-15-9-10-19(18(21)12-15)26-17-8-5-11-22-14-17/h3-5,8-12,14,16H,2,6-7,13H2,1H3,(H2,23,24,25). The first kappa shape index (κ1) is 17.9. The minimum Gasteiger partial charge on any atom is -0.453 e. The predicted octanol–water partition coefficient (Wildman–Crippen LogP) is 3.79. The van der Waals surface area contributed by atoms with E-state index in [2.05, 4.69) is 32.8 Å². The van der Waals surface area contributed by atoms with Crippen LogP contribution in [0.2, 0.25) is 0 Å². The lowest BCUT2D eigenvalue weighted by molar-refractivity contribution is 0.440. The number of halogens is 1. The van der Waals surface area contributed by atoms with Gasteiger partial charge in [-0.05, 0) is 49.6 Å². The van der Waals surface area contributed by atoms with Crippen LogP contribution in [0.5, 0.6) is 11.5 Å². The molecule has 26 heavy (non-hydrogen) atoms. The Morgan fingerprint density at radius 3 is 2.85 bits per heavy atom. The molecular weight excluding hydrogens is 331 g/mol. The van der Waals surface area contributed by atoms with E-state index in [-0.39, 0.29) is 5.75 Å². The molecule has 1 heterocycles. The van der Waals surface area contributed by atoms with Crippen LogP contribution in [0.25, 0.3) is 0 Å². The SMILES string of the molecule is CCNC(=NCc1ccc(Oc2cccnc2)c(F)c1)NC1CC=CC1. The number of hydrogen-bond donors (Lipinski definition) is 2. The molecule has 0 radical (unpaired) electrons. The number of benzene rings is 1. The molecule has 0 saturated carbocycles. The largest absolute Gasteiger partial charge is 0.453 e. The Morgan fingerprint density at radius 2 is 2.15 bits per heavy atom. The zero-order valence-corrected chi connectivity index (χ0v) is 14.8. The average molecular weight is 354 g/mol. The van der Waals surface area contributed by atoms with Gasteiger partial charge in [-0.2, -0.15) is 0 Å². The summed E-state index contributed by atoms with van der Waals surface area (Å²) >= 11 is 0. The van der Waals surface area contributed by atoms with Gasteiger partial charge >= 0.3 is 0 Å². The molecule has 0 aliphatic heterocycles. The Labute approximate surface area is 153 Å². The van der Waals surface area contributed by atoms with Gasteiger partial charge in [-0.3, -0.25) is 4.98 Å². The van der Waals surface area contributed by atoms with Crippen molar-refractivity contribution >= 4 is 5.96 Å². The summed E-state index contributed by atoms with van der Waals surface area (Å²) in [6, 6.07) is 8.74. The summed E-state index contributed by atoms with van der Waals surface area (Å²) in [6.45, 7) is 3.19. The van der Waals surface area contributed by atoms with E-state index in [1.165, 1.54) is 6.07 Å². The highest BCUT2D eigenvalue weighted by Crippen LogP contribution is 2.24. The highest BCUT2D eigenvalue weighted by Gasteiger charge is 2.12. The van der Waals surface area contributed by atoms with Gasteiger partial charge in [0.15, 0.2) is 17.5 Å². The molecule has 0 amide bonds. The number of nitrogens with zero attached hydrogens (tertiary/aromatic N) is 2. The number of guanidine groups is 1. The van der Waals surface area contributed by atoms with Crippen LogP contribution in [-0.4, -0.2) is 23.5 Å². The zero-order chi connectivity index (χ0) is 18.2. The lowest BCUT2D eigenvalue weighted by Crippen LogP contribution is -2.42. The minimum absolute atomic E-state index is 0.174. The molecule has 3 rings (SSSR count).